The van der Waals surface area contributed by atoms with Crippen LogP contribution in [-0.2, 0) is 6.54 Å². The van der Waals surface area contributed by atoms with Crippen LogP contribution in [0.3, 0.4) is 0 Å². The largest absolute Gasteiger partial charge is 0.332 e. The van der Waals surface area contributed by atoms with Crippen molar-refractivity contribution in [3.8, 4) is 0 Å². The minimum absolute atomic E-state index is 0.551. The van der Waals surface area contributed by atoms with Crippen LogP contribution < -0.4 is 0 Å². The van der Waals surface area contributed by atoms with E-state index in [1.807, 2.05) is 34.9 Å². The van der Waals surface area contributed by atoms with Crippen molar-refractivity contribution in [3.05, 3.63) is 60.3 Å². The van der Waals surface area contributed by atoms with Crippen molar-refractivity contribution >= 4 is 17.2 Å². The Morgan fingerprint density at radius 1 is 1.22 bits per heavy atom. The number of rotatable bonds is 3. The first-order chi connectivity index (χ1) is 8.88. The van der Waals surface area contributed by atoms with Gasteiger partial charge in [0.2, 0.25) is 0 Å². The number of carbonyl (C=O) groups is 1. The number of carbonyl (C=O) groups excluding carboxylic acids is 1. The summed E-state index contributed by atoms with van der Waals surface area (Å²) < 4.78 is 1.95. The molecule has 2 aromatic heterocycles. The second-order valence-electron chi connectivity index (χ2n) is 4.03. The van der Waals surface area contributed by atoms with Gasteiger partial charge in [0.1, 0.15) is 0 Å². The summed E-state index contributed by atoms with van der Waals surface area (Å²) in [5.41, 5.74) is 2.52. The van der Waals surface area contributed by atoms with Crippen molar-refractivity contribution in [1.82, 2.24) is 14.5 Å². The van der Waals surface area contributed by atoms with Crippen molar-refractivity contribution < 1.29 is 4.79 Å². The van der Waals surface area contributed by atoms with E-state index in [4.69, 9.17) is 0 Å². The number of hydrogen-bond acceptors (Lipinski definition) is 3. The monoisotopic (exact) mass is 237 g/mol. The Hall–Kier alpha value is -2.49. The Morgan fingerprint density at radius 3 is 2.89 bits per heavy atom. The highest BCUT2D eigenvalue weighted by Gasteiger charge is 2.08. The van der Waals surface area contributed by atoms with Gasteiger partial charge in [0.25, 0.3) is 0 Å². The van der Waals surface area contributed by atoms with Gasteiger partial charge >= 0.3 is 0 Å². The van der Waals surface area contributed by atoms with Crippen LogP contribution in [0.4, 0.5) is 0 Å². The molecule has 0 atom stereocenters. The lowest BCUT2D eigenvalue weighted by molar-refractivity contribution is 0.111. The van der Waals surface area contributed by atoms with Crippen LogP contribution in [0, 0.1) is 0 Å². The van der Waals surface area contributed by atoms with E-state index in [1.54, 1.807) is 18.6 Å². The first-order valence-corrected chi connectivity index (χ1v) is 5.67. The third-order valence-corrected chi connectivity index (χ3v) is 2.90. The molecule has 3 rings (SSSR count). The average Bonchev–Trinajstić information content (AvgIpc) is 2.78. The quantitative estimate of drug-likeness (QED) is 0.657. The van der Waals surface area contributed by atoms with Crippen LogP contribution in [0.2, 0.25) is 0 Å². The predicted molar refractivity (Wildman–Crippen MR) is 68.5 cm³/mol. The van der Waals surface area contributed by atoms with Crippen molar-refractivity contribution in [2.24, 2.45) is 0 Å². The number of hydrogen-bond donors (Lipinski definition) is 0. The fourth-order valence-electron chi connectivity index (χ4n) is 2.08. The molecule has 3 aromatic rings. The smallest absolute Gasteiger partial charge is 0.166 e. The van der Waals surface area contributed by atoms with Gasteiger partial charge in [-0.15, -0.1) is 0 Å². The molecule has 1 aromatic carbocycles. The number of benzene rings is 1. The molecular formula is C14H11N3O. The topological polar surface area (TPSA) is 47.8 Å². The summed E-state index contributed by atoms with van der Waals surface area (Å²) in [5, 5.41) is 1.06. The zero-order chi connectivity index (χ0) is 12.4. The van der Waals surface area contributed by atoms with Crippen molar-refractivity contribution in [2.75, 3.05) is 0 Å². The summed E-state index contributed by atoms with van der Waals surface area (Å²) >= 11 is 0. The molecule has 0 spiro atoms. The fraction of sp³-hybridized carbons (Fsp3) is 0.0714. The fourth-order valence-corrected chi connectivity index (χ4v) is 2.08. The van der Waals surface area contributed by atoms with E-state index in [2.05, 4.69) is 9.97 Å². The summed E-state index contributed by atoms with van der Waals surface area (Å²) in [6.45, 7) is 0.551. The molecule has 0 fully saturated rings. The molecule has 4 nitrogen and oxygen atoms in total. The van der Waals surface area contributed by atoms with Crippen molar-refractivity contribution in [1.29, 1.82) is 0 Å². The third kappa shape index (κ3) is 1.78. The van der Waals surface area contributed by atoms with Crippen molar-refractivity contribution in [2.45, 2.75) is 6.54 Å². The van der Waals surface area contributed by atoms with Crippen LogP contribution in [0.5, 0.6) is 0 Å². The molecule has 0 saturated carbocycles. The van der Waals surface area contributed by atoms with E-state index in [0.717, 1.165) is 22.9 Å². The molecule has 4 heteroatoms. The van der Waals surface area contributed by atoms with Gasteiger partial charge in [-0.1, -0.05) is 18.2 Å². The van der Waals surface area contributed by atoms with Gasteiger partial charge in [0.15, 0.2) is 6.29 Å². The maximum atomic E-state index is 11.1. The molecule has 0 aliphatic carbocycles. The van der Waals surface area contributed by atoms with Crippen LogP contribution >= 0.6 is 0 Å². The van der Waals surface area contributed by atoms with E-state index in [1.165, 1.54) is 0 Å². The number of fused-ring (bicyclic) bond motifs is 1. The molecule has 0 N–H and O–H groups in total. The lowest BCUT2D eigenvalue weighted by atomic mass is 10.2. The Kier molecular flexibility index (Phi) is 2.61. The lowest BCUT2D eigenvalue weighted by Crippen LogP contribution is -2.05. The van der Waals surface area contributed by atoms with Gasteiger partial charge in [-0.3, -0.25) is 14.8 Å². The maximum absolute atomic E-state index is 11.1. The molecule has 18 heavy (non-hydrogen) atoms. The number of para-hydroxylation sites is 1. The van der Waals surface area contributed by atoms with Crippen LogP contribution in [0.1, 0.15) is 16.2 Å². The second-order valence-corrected chi connectivity index (χ2v) is 4.03. The van der Waals surface area contributed by atoms with E-state index >= 15 is 0 Å². The highest BCUT2D eigenvalue weighted by molar-refractivity contribution is 5.88. The van der Waals surface area contributed by atoms with E-state index in [0.29, 0.717) is 12.2 Å². The van der Waals surface area contributed by atoms with Gasteiger partial charge in [0, 0.05) is 23.3 Å². The molecule has 2 heterocycles. The molecule has 0 unspecified atom stereocenters. The second kappa shape index (κ2) is 4.41. The summed E-state index contributed by atoms with van der Waals surface area (Å²) in [6.07, 6.45) is 5.87. The molecule has 0 aliphatic rings. The average molecular weight is 237 g/mol. The lowest BCUT2D eigenvalue weighted by Gasteiger charge is -2.06. The molecule has 88 valence electrons. The third-order valence-electron chi connectivity index (χ3n) is 2.90. The summed E-state index contributed by atoms with van der Waals surface area (Å²) in [5.74, 6) is 0. The summed E-state index contributed by atoms with van der Waals surface area (Å²) in [4.78, 5) is 19.4. The van der Waals surface area contributed by atoms with Crippen LogP contribution in [-0.4, -0.2) is 20.8 Å². The maximum Gasteiger partial charge on any atom is 0.166 e. The van der Waals surface area contributed by atoms with E-state index < -0.39 is 0 Å². The van der Waals surface area contributed by atoms with Crippen molar-refractivity contribution in [3.63, 3.8) is 0 Å². The number of aromatic nitrogens is 3. The SMILES string of the molecule is O=Cc1cc2ccccc2n1Cc1cnccn1. The zero-order valence-electron chi connectivity index (χ0n) is 9.65. The van der Waals surface area contributed by atoms with E-state index in [-0.39, 0.29) is 0 Å². The van der Waals surface area contributed by atoms with Gasteiger partial charge in [0.05, 0.1) is 24.1 Å². The number of aldehydes is 1. The molecule has 0 bridgehead atoms. The Labute approximate surface area is 104 Å². The summed E-state index contributed by atoms with van der Waals surface area (Å²) in [6, 6.07) is 9.81. The van der Waals surface area contributed by atoms with Gasteiger partial charge < -0.3 is 4.57 Å². The standard InChI is InChI=1S/C14H11N3O/c18-10-13-7-11-3-1-2-4-14(11)17(13)9-12-8-15-5-6-16-12/h1-8,10H,9H2. The Balaban J connectivity index is 2.12. The Bertz CT molecular complexity index is 689. The number of nitrogens with zero attached hydrogens (tertiary/aromatic N) is 3. The first kappa shape index (κ1) is 10.7. The molecule has 0 radical (unpaired) electrons. The van der Waals surface area contributed by atoms with Gasteiger partial charge in [-0.05, 0) is 12.1 Å². The van der Waals surface area contributed by atoms with Crippen LogP contribution in [0.15, 0.2) is 48.9 Å². The van der Waals surface area contributed by atoms with E-state index in [9.17, 15) is 4.79 Å². The van der Waals surface area contributed by atoms with Crippen LogP contribution in [0.25, 0.3) is 10.9 Å². The molecule has 0 amide bonds. The summed E-state index contributed by atoms with van der Waals surface area (Å²) in [7, 11) is 0. The van der Waals surface area contributed by atoms with Gasteiger partial charge in [-0.25, -0.2) is 0 Å². The minimum Gasteiger partial charge on any atom is -0.332 e. The highest BCUT2D eigenvalue weighted by atomic mass is 16.1. The predicted octanol–water partition coefficient (Wildman–Crippen LogP) is 2.29. The first-order valence-electron chi connectivity index (χ1n) is 5.67. The zero-order valence-corrected chi connectivity index (χ0v) is 9.65. The normalized spacial score (nSPS) is 10.7. The molecule has 0 saturated heterocycles. The van der Waals surface area contributed by atoms with Gasteiger partial charge in [-0.2, -0.15) is 0 Å². The molecular weight excluding hydrogens is 226 g/mol. The Morgan fingerprint density at radius 2 is 2.11 bits per heavy atom. The molecule has 0 aliphatic heterocycles. The minimum atomic E-state index is 0.551. The highest BCUT2D eigenvalue weighted by Crippen LogP contribution is 2.19.